The number of benzene rings is 1. The lowest BCUT2D eigenvalue weighted by Crippen LogP contribution is -1.96. The highest BCUT2D eigenvalue weighted by Crippen LogP contribution is 2.32. The van der Waals surface area contributed by atoms with Crippen LogP contribution in [0.25, 0.3) is 0 Å². The Morgan fingerprint density at radius 3 is 2.79 bits per heavy atom. The molecule has 1 aromatic heterocycles. The molecule has 0 aliphatic rings. The fourth-order valence-corrected chi connectivity index (χ4v) is 1.91. The van der Waals surface area contributed by atoms with Crippen LogP contribution in [0.4, 0.5) is 10.1 Å². The van der Waals surface area contributed by atoms with Crippen LogP contribution < -0.4 is 4.74 Å². The summed E-state index contributed by atoms with van der Waals surface area (Å²) in [5.74, 6) is -0.602. The van der Waals surface area contributed by atoms with Gasteiger partial charge in [-0.2, -0.15) is 0 Å². The zero-order chi connectivity index (χ0) is 14.0. The quantitative estimate of drug-likeness (QED) is 0.631. The van der Waals surface area contributed by atoms with Crippen LogP contribution in [-0.4, -0.2) is 9.91 Å². The molecule has 0 aliphatic heterocycles. The minimum absolute atomic E-state index is 0.178. The summed E-state index contributed by atoms with van der Waals surface area (Å²) >= 11 is 3.24. The molecular formula is C12H8BrFN2O3. The summed E-state index contributed by atoms with van der Waals surface area (Å²) in [6.45, 7) is 1.73. The first-order valence-electron chi connectivity index (χ1n) is 5.21. The first-order valence-corrected chi connectivity index (χ1v) is 6.00. The Kier molecular flexibility index (Phi) is 3.75. The van der Waals surface area contributed by atoms with Crippen molar-refractivity contribution < 1.29 is 14.1 Å². The van der Waals surface area contributed by atoms with Gasteiger partial charge in [0.25, 0.3) is 0 Å². The van der Waals surface area contributed by atoms with Crippen molar-refractivity contribution in [1.29, 1.82) is 0 Å². The molecule has 98 valence electrons. The van der Waals surface area contributed by atoms with Crippen molar-refractivity contribution in [2.75, 3.05) is 0 Å². The lowest BCUT2D eigenvalue weighted by atomic mass is 10.3. The highest BCUT2D eigenvalue weighted by Gasteiger charge is 2.18. The highest BCUT2D eigenvalue weighted by molar-refractivity contribution is 9.10. The number of aryl methyl sites for hydroxylation is 1. The predicted molar refractivity (Wildman–Crippen MR) is 69.8 cm³/mol. The van der Waals surface area contributed by atoms with Crippen molar-refractivity contribution in [3.8, 4) is 11.6 Å². The number of ether oxygens (including phenoxy) is 1. The second kappa shape index (κ2) is 5.31. The summed E-state index contributed by atoms with van der Waals surface area (Å²) in [7, 11) is 0. The van der Waals surface area contributed by atoms with E-state index in [1.807, 2.05) is 0 Å². The Bertz CT molecular complexity index is 649. The molecule has 5 nitrogen and oxygen atoms in total. The lowest BCUT2D eigenvalue weighted by molar-refractivity contribution is -0.385. The van der Waals surface area contributed by atoms with Crippen LogP contribution in [0.2, 0.25) is 0 Å². The van der Waals surface area contributed by atoms with Crippen molar-refractivity contribution in [2.45, 2.75) is 6.92 Å². The monoisotopic (exact) mass is 326 g/mol. The summed E-state index contributed by atoms with van der Waals surface area (Å²) in [5.41, 5.74) is 0.360. The van der Waals surface area contributed by atoms with E-state index in [0.717, 1.165) is 22.7 Å². The number of aromatic nitrogens is 1. The molecule has 0 saturated carbocycles. The molecular weight excluding hydrogens is 319 g/mol. The Morgan fingerprint density at radius 2 is 2.16 bits per heavy atom. The van der Waals surface area contributed by atoms with Gasteiger partial charge in [-0.3, -0.25) is 10.1 Å². The molecule has 0 amide bonds. The first-order chi connectivity index (χ1) is 8.97. The van der Waals surface area contributed by atoms with Crippen LogP contribution in [0, 0.1) is 22.9 Å². The van der Waals surface area contributed by atoms with Crippen LogP contribution in [-0.2, 0) is 0 Å². The van der Waals surface area contributed by atoms with Gasteiger partial charge in [0.1, 0.15) is 5.82 Å². The fraction of sp³-hybridized carbons (Fsp3) is 0.0833. The standard InChI is InChI=1S/C12H8BrFN2O3/c1-7-4-8(13)6-15-12(7)19-11-5-9(14)2-3-10(11)16(17)18/h2-6H,1H3. The van der Waals surface area contributed by atoms with Crippen LogP contribution in [0.15, 0.2) is 34.9 Å². The number of hydrogen-bond acceptors (Lipinski definition) is 4. The summed E-state index contributed by atoms with van der Waals surface area (Å²) < 4.78 is 19.2. The summed E-state index contributed by atoms with van der Waals surface area (Å²) in [4.78, 5) is 14.2. The van der Waals surface area contributed by atoms with E-state index in [1.165, 1.54) is 6.20 Å². The third kappa shape index (κ3) is 3.05. The fourth-order valence-electron chi connectivity index (χ4n) is 1.46. The van der Waals surface area contributed by atoms with Crippen LogP contribution in [0.1, 0.15) is 5.56 Å². The maximum absolute atomic E-state index is 13.1. The van der Waals surface area contributed by atoms with E-state index in [0.29, 0.717) is 5.56 Å². The zero-order valence-corrected chi connectivity index (χ0v) is 11.3. The van der Waals surface area contributed by atoms with E-state index in [-0.39, 0.29) is 17.3 Å². The number of rotatable bonds is 3. The second-order valence-corrected chi connectivity index (χ2v) is 4.66. The van der Waals surface area contributed by atoms with E-state index in [2.05, 4.69) is 20.9 Å². The molecule has 0 N–H and O–H groups in total. The van der Waals surface area contributed by atoms with E-state index in [9.17, 15) is 14.5 Å². The van der Waals surface area contributed by atoms with E-state index < -0.39 is 10.7 Å². The number of nitro benzene ring substituents is 1. The molecule has 7 heteroatoms. The highest BCUT2D eigenvalue weighted by atomic mass is 79.9. The van der Waals surface area contributed by atoms with Gasteiger partial charge in [0.2, 0.25) is 11.6 Å². The number of nitrogens with zero attached hydrogens (tertiary/aromatic N) is 2. The molecule has 0 unspecified atom stereocenters. The minimum Gasteiger partial charge on any atom is -0.431 e. The summed E-state index contributed by atoms with van der Waals surface area (Å²) in [6.07, 6.45) is 1.49. The predicted octanol–water partition coefficient (Wildman–Crippen LogP) is 3.99. The second-order valence-electron chi connectivity index (χ2n) is 3.75. The third-order valence-corrected chi connectivity index (χ3v) is 2.76. The number of pyridine rings is 1. The number of halogens is 2. The van der Waals surface area contributed by atoms with Gasteiger partial charge in [-0.05, 0) is 35.0 Å². The van der Waals surface area contributed by atoms with Gasteiger partial charge < -0.3 is 4.74 Å². The third-order valence-electron chi connectivity index (χ3n) is 2.32. The average molecular weight is 327 g/mol. The van der Waals surface area contributed by atoms with Gasteiger partial charge in [0.15, 0.2) is 0 Å². The van der Waals surface area contributed by atoms with Gasteiger partial charge in [0, 0.05) is 28.4 Å². The van der Waals surface area contributed by atoms with Gasteiger partial charge >= 0.3 is 5.69 Å². The molecule has 1 aromatic carbocycles. The molecule has 0 fully saturated rings. The van der Waals surface area contributed by atoms with Crippen molar-refractivity contribution in [3.63, 3.8) is 0 Å². The van der Waals surface area contributed by atoms with Gasteiger partial charge in [-0.15, -0.1) is 0 Å². The van der Waals surface area contributed by atoms with E-state index in [1.54, 1.807) is 13.0 Å². The van der Waals surface area contributed by atoms with Crippen LogP contribution >= 0.6 is 15.9 Å². The molecule has 1 heterocycles. The van der Waals surface area contributed by atoms with Crippen LogP contribution in [0.5, 0.6) is 11.6 Å². The average Bonchev–Trinajstić information content (AvgIpc) is 2.32. The van der Waals surface area contributed by atoms with E-state index >= 15 is 0 Å². The van der Waals surface area contributed by atoms with Gasteiger partial charge in [-0.1, -0.05) is 0 Å². The Hall–Kier alpha value is -2.02. The molecule has 0 atom stereocenters. The molecule has 0 spiro atoms. The maximum Gasteiger partial charge on any atom is 0.311 e. The Balaban J connectivity index is 2.42. The largest absolute Gasteiger partial charge is 0.431 e. The van der Waals surface area contributed by atoms with Crippen molar-refractivity contribution in [3.05, 3.63) is 56.4 Å². The number of nitro groups is 1. The molecule has 0 saturated heterocycles. The van der Waals surface area contributed by atoms with Crippen LogP contribution in [0.3, 0.4) is 0 Å². The molecule has 0 radical (unpaired) electrons. The lowest BCUT2D eigenvalue weighted by Gasteiger charge is -2.08. The number of hydrogen-bond donors (Lipinski definition) is 0. The zero-order valence-electron chi connectivity index (χ0n) is 9.76. The van der Waals surface area contributed by atoms with Crippen molar-refractivity contribution in [1.82, 2.24) is 4.98 Å². The molecule has 19 heavy (non-hydrogen) atoms. The van der Waals surface area contributed by atoms with Crippen molar-refractivity contribution in [2.24, 2.45) is 0 Å². The molecule has 0 aliphatic carbocycles. The first kappa shape index (κ1) is 13.4. The topological polar surface area (TPSA) is 65.3 Å². The normalized spacial score (nSPS) is 10.3. The summed E-state index contributed by atoms with van der Waals surface area (Å²) in [5, 5.41) is 10.8. The maximum atomic E-state index is 13.1. The Morgan fingerprint density at radius 1 is 1.42 bits per heavy atom. The van der Waals surface area contributed by atoms with Gasteiger partial charge in [-0.25, -0.2) is 9.37 Å². The Labute approximate surface area is 116 Å². The van der Waals surface area contributed by atoms with Crippen molar-refractivity contribution >= 4 is 21.6 Å². The SMILES string of the molecule is Cc1cc(Br)cnc1Oc1cc(F)ccc1[N+](=O)[O-]. The smallest absolute Gasteiger partial charge is 0.311 e. The molecule has 2 aromatic rings. The van der Waals surface area contributed by atoms with Gasteiger partial charge in [0.05, 0.1) is 4.92 Å². The van der Waals surface area contributed by atoms with E-state index in [4.69, 9.17) is 4.74 Å². The molecule has 0 bridgehead atoms. The minimum atomic E-state index is -0.636. The summed E-state index contributed by atoms with van der Waals surface area (Å²) in [6, 6.07) is 4.76. The molecule has 2 rings (SSSR count).